The fourth-order valence-electron chi connectivity index (χ4n) is 5.68. The van der Waals surface area contributed by atoms with E-state index in [1.54, 1.807) is 12.1 Å². The van der Waals surface area contributed by atoms with E-state index in [9.17, 15) is 14.9 Å². The summed E-state index contributed by atoms with van der Waals surface area (Å²) in [4.78, 5) is 25.6. The quantitative estimate of drug-likeness (QED) is 0.402. The van der Waals surface area contributed by atoms with Crippen LogP contribution in [0.3, 0.4) is 0 Å². The number of ketones is 1. The molecular formula is C27H24N2O3. The van der Waals surface area contributed by atoms with Crippen LogP contribution in [-0.2, 0) is 10.2 Å². The summed E-state index contributed by atoms with van der Waals surface area (Å²) in [6, 6.07) is 24.8. The third kappa shape index (κ3) is 2.48. The monoisotopic (exact) mass is 424 g/mol. The van der Waals surface area contributed by atoms with Gasteiger partial charge in [0.05, 0.1) is 10.3 Å². The zero-order valence-electron chi connectivity index (χ0n) is 18.1. The topological polar surface area (TPSA) is 72.2 Å². The Balaban J connectivity index is 1.95. The lowest BCUT2D eigenvalue weighted by Crippen LogP contribution is -2.54. The molecule has 0 amide bonds. The number of nitrogens with zero attached hydrogens (tertiary/aromatic N) is 1. The summed E-state index contributed by atoms with van der Waals surface area (Å²) in [5.41, 5.74) is 3.50. The average Bonchev–Trinajstić information content (AvgIpc) is 2.98. The second-order valence-corrected chi connectivity index (χ2v) is 8.44. The fraction of sp³-hybridized carbons (Fsp3) is 0.222. The number of benzene rings is 3. The minimum atomic E-state index is -0.963. The Morgan fingerprint density at radius 1 is 0.844 bits per heavy atom. The van der Waals surface area contributed by atoms with Crippen molar-refractivity contribution in [1.29, 1.82) is 0 Å². The minimum absolute atomic E-state index is 0.00394. The number of nitro benzene ring substituents is 1. The first-order valence-corrected chi connectivity index (χ1v) is 11.0. The molecule has 0 spiro atoms. The molecule has 5 nitrogen and oxygen atoms in total. The summed E-state index contributed by atoms with van der Waals surface area (Å²) in [7, 11) is 0. The van der Waals surface area contributed by atoms with Crippen LogP contribution in [0.1, 0.15) is 43.4 Å². The minimum Gasteiger partial charge on any atom is -0.369 e. The Labute approximate surface area is 186 Å². The van der Waals surface area contributed by atoms with Crippen molar-refractivity contribution in [2.75, 3.05) is 5.32 Å². The van der Waals surface area contributed by atoms with Crippen LogP contribution in [-0.4, -0.2) is 16.2 Å². The Morgan fingerprint density at radius 3 is 1.97 bits per heavy atom. The number of non-ortho nitro benzene ring substituents is 1. The largest absolute Gasteiger partial charge is 0.369 e. The van der Waals surface area contributed by atoms with Crippen molar-refractivity contribution < 1.29 is 9.72 Å². The summed E-state index contributed by atoms with van der Waals surface area (Å²) in [6.45, 7) is 4.03. The highest BCUT2D eigenvalue weighted by Gasteiger charge is 2.64. The first-order chi connectivity index (χ1) is 15.5. The van der Waals surface area contributed by atoms with E-state index in [1.165, 1.54) is 6.07 Å². The molecule has 0 radical (unpaired) electrons. The Bertz CT molecular complexity index is 1270. The standard InChI is InChI=1S/C27H24N2O3/c1-3-26-21-17-20(29(31)32)15-16-22(21)28-27(4-2,25(26)30)24(19-13-9-6-10-14-19)23(26)18-11-7-5-8-12-18/h5-17,28H,3-4H2,1-2H3/t26-,27+/m1/s1. The maximum absolute atomic E-state index is 14.4. The average molecular weight is 425 g/mol. The number of hydrogen-bond acceptors (Lipinski definition) is 4. The van der Waals surface area contributed by atoms with Gasteiger partial charge in [-0.1, -0.05) is 74.5 Å². The fourth-order valence-corrected chi connectivity index (χ4v) is 5.68. The molecule has 160 valence electrons. The molecule has 1 heterocycles. The van der Waals surface area contributed by atoms with Gasteiger partial charge in [-0.2, -0.15) is 0 Å². The van der Waals surface area contributed by atoms with Crippen LogP contribution >= 0.6 is 0 Å². The van der Waals surface area contributed by atoms with Crippen molar-refractivity contribution in [3.8, 4) is 0 Å². The third-order valence-corrected chi connectivity index (χ3v) is 7.09. The van der Waals surface area contributed by atoms with Gasteiger partial charge in [-0.25, -0.2) is 0 Å². The van der Waals surface area contributed by atoms with E-state index >= 15 is 0 Å². The molecule has 0 unspecified atom stereocenters. The van der Waals surface area contributed by atoms with Crippen LogP contribution in [0.25, 0.3) is 11.1 Å². The van der Waals surface area contributed by atoms with E-state index < -0.39 is 15.9 Å². The molecule has 1 N–H and O–H groups in total. The highest BCUT2D eigenvalue weighted by Crippen LogP contribution is 2.62. The van der Waals surface area contributed by atoms with Crippen molar-refractivity contribution >= 4 is 28.3 Å². The third-order valence-electron chi connectivity index (χ3n) is 7.09. The van der Waals surface area contributed by atoms with Crippen molar-refractivity contribution in [3.63, 3.8) is 0 Å². The zero-order chi connectivity index (χ0) is 22.5. The molecule has 32 heavy (non-hydrogen) atoms. The van der Waals surface area contributed by atoms with Crippen LogP contribution in [0.5, 0.6) is 0 Å². The van der Waals surface area contributed by atoms with Gasteiger partial charge < -0.3 is 5.32 Å². The number of allylic oxidation sites excluding steroid dienone is 1. The first-order valence-electron chi connectivity index (χ1n) is 11.0. The van der Waals surface area contributed by atoms with Gasteiger partial charge in [-0.05, 0) is 41.2 Å². The number of fused-ring (bicyclic) bond motifs is 4. The highest BCUT2D eigenvalue weighted by molar-refractivity contribution is 6.30. The molecule has 0 fully saturated rings. The molecule has 2 aliphatic rings. The predicted molar refractivity (Wildman–Crippen MR) is 126 cm³/mol. The molecule has 5 heteroatoms. The van der Waals surface area contributed by atoms with Gasteiger partial charge >= 0.3 is 0 Å². The first kappa shape index (κ1) is 20.2. The van der Waals surface area contributed by atoms with Crippen LogP contribution in [0, 0.1) is 10.1 Å². The van der Waals surface area contributed by atoms with E-state index in [1.807, 2.05) is 74.5 Å². The van der Waals surface area contributed by atoms with Gasteiger partial charge in [0, 0.05) is 23.4 Å². The lowest BCUT2D eigenvalue weighted by molar-refractivity contribution is -0.384. The molecule has 0 aromatic heterocycles. The summed E-state index contributed by atoms with van der Waals surface area (Å²) in [6.07, 6.45) is 1.09. The van der Waals surface area contributed by atoms with E-state index in [-0.39, 0.29) is 11.5 Å². The van der Waals surface area contributed by atoms with E-state index in [2.05, 4.69) is 5.32 Å². The Morgan fingerprint density at radius 2 is 1.44 bits per heavy atom. The lowest BCUT2D eigenvalue weighted by atomic mass is 9.65. The predicted octanol–water partition coefficient (Wildman–Crippen LogP) is 6.01. The van der Waals surface area contributed by atoms with Crippen molar-refractivity contribution in [1.82, 2.24) is 0 Å². The van der Waals surface area contributed by atoms with Crippen LogP contribution in [0.2, 0.25) is 0 Å². The molecule has 0 saturated carbocycles. The van der Waals surface area contributed by atoms with Crippen LogP contribution in [0.15, 0.2) is 78.9 Å². The van der Waals surface area contributed by atoms with Crippen molar-refractivity contribution in [2.24, 2.45) is 0 Å². The van der Waals surface area contributed by atoms with E-state index in [4.69, 9.17) is 0 Å². The zero-order valence-corrected chi connectivity index (χ0v) is 18.1. The molecule has 1 aliphatic heterocycles. The van der Waals surface area contributed by atoms with Crippen molar-refractivity contribution in [3.05, 3.63) is 106 Å². The normalized spacial score (nSPS) is 23.6. The van der Waals surface area contributed by atoms with Gasteiger partial charge in [0.1, 0.15) is 5.54 Å². The summed E-state index contributed by atoms with van der Waals surface area (Å²) >= 11 is 0. The second kappa shape index (κ2) is 7.16. The number of carbonyl (C=O) groups excluding carboxylic acids is 1. The number of Topliss-reactive ketones (excluding diaryl/α,β-unsaturated/α-hetero) is 1. The van der Waals surface area contributed by atoms with Gasteiger partial charge in [0.15, 0.2) is 5.78 Å². The highest BCUT2D eigenvalue weighted by atomic mass is 16.6. The number of carbonyl (C=O) groups is 1. The van der Waals surface area contributed by atoms with Crippen molar-refractivity contribution in [2.45, 2.75) is 37.6 Å². The van der Waals surface area contributed by atoms with E-state index in [0.29, 0.717) is 18.4 Å². The molecule has 2 bridgehead atoms. The summed E-state index contributed by atoms with van der Waals surface area (Å²) in [5.74, 6) is 0.0701. The number of hydrogen-bond donors (Lipinski definition) is 1. The smallest absolute Gasteiger partial charge is 0.269 e. The molecule has 3 aromatic rings. The van der Waals surface area contributed by atoms with Gasteiger partial charge in [0.25, 0.3) is 5.69 Å². The van der Waals surface area contributed by atoms with E-state index in [0.717, 1.165) is 28.0 Å². The van der Waals surface area contributed by atoms with Crippen LogP contribution < -0.4 is 5.32 Å². The number of nitrogens with one attached hydrogen (secondary N) is 1. The lowest BCUT2D eigenvalue weighted by Gasteiger charge is -2.42. The Hall–Kier alpha value is -3.73. The molecule has 3 aromatic carbocycles. The van der Waals surface area contributed by atoms with Crippen LogP contribution in [0.4, 0.5) is 11.4 Å². The maximum Gasteiger partial charge on any atom is 0.269 e. The van der Waals surface area contributed by atoms with Gasteiger partial charge in [-0.15, -0.1) is 0 Å². The summed E-state index contributed by atoms with van der Waals surface area (Å²) in [5, 5.41) is 15.2. The second-order valence-electron chi connectivity index (χ2n) is 8.44. The number of rotatable bonds is 5. The molecule has 1 aliphatic carbocycles. The number of anilines is 1. The Kier molecular flexibility index (Phi) is 4.52. The molecule has 0 saturated heterocycles. The summed E-state index contributed by atoms with van der Waals surface area (Å²) < 4.78 is 0. The SMILES string of the molecule is CC[C@@]12Nc3ccc([N+](=O)[O-])cc3[C@@](CC)(C1=O)C(c1ccccc1)=C2c1ccccc1. The van der Waals surface area contributed by atoms with Gasteiger partial charge in [0.2, 0.25) is 0 Å². The molecular weight excluding hydrogens is 400 g/mol. The molecule has 2 atom stereocenters. The van der Waals surface area contributed by atoms with Gasteiger partial charge in [-0.3, -0.25) is 14.9 Å². The maximum atomic E-state index is 14.4. The molecule has 5 rings (SSSR count). The number of nitro groups is 1.